The predicted molar refractivity (Wildman–Crippen MR) is 65.0 cm³/mol. The number of anilines is 1. The monoisotopic (exact) mass is 250 g/mol. The first-order valence-electron chi connectivity index (χ1n) is 5.56. The molecular formula is C12H14N2O4. The fraction of sp³-hybridized carbons (Fsp3) is 0.333. The molecule has 0 fully saturated rings. The highest BCUT2D eigenvalue weighted by molar-refractivity contribution is 6.00. The van der Waals surface area contributed by atoms with E-state index in [0.717, 1.165) is 10.6 Å². The molecule has 0 bridgehead atoms. The van der Waals surface area contributed by atoms with Crippen molar-refractivity contribution in [3.8, 4) is 5.75 Å². The Morgan fingerprint density at radius 1 is 1.50 bits per heavy atom. The molecule has 0 aliphatic carbocycles. The van der Waals surface area contributed by atoms with Crippen LogP contribution in [0.15, 0.2) is 18.2 Å². The van der Waals surface area contributed by atoms with Crippen LogP contribution in [-0.4, -0.2) is 48.6 Å². The van der Waals surface area contributed by atoms with Crippen LogP contribution in [0.5, 0.6) is 5.75 Å². The summed E-state index contributed by atoms with van der Waals surface area (Å²) in [5.74, 6) is -0.918. The van der Waals surface area contributed by atoms with E-state index >= 15 is 0 Å². The maximum absolute atomic E-state index is 12.1. The van der Waals surface area contributed by atoms with Crippen molar-refractivity contribution in [1.29, 1.82) is 0 Å². The van der Waals surface area contributed by atoms with Gasteiger partial charge in [0.1, 0.15) is 13.2 Å². The molecule has 1 aromatic rings. The van der Waals surface area contributed by atoms with Crippen LogP contribution in [0.2, 0.25) is 0 Å². The van der Waals surface area contributed by atoms with Crippen molar-refractivity contribution in [2.75, 3.05) is 32.1 Å². The molecule has 1 amide bonds. The quantitative estimate of drug-likeness (QED) is 0.823. The van der Waals surface area contributed by atoms with E-state index in [0.29, 0.717) is 24.5 Å². The molecule has 0 saturated carbocycles. The number of carbonyl (C=O) groups excluding carboxylic acids is 1. The van der Waals surface area contributed by atoms with Crippen LogP contribution in [0.25, 0.3) is 0 Å². The first kappa shape index (κ1) is 12.2. The Morgan fingerprint density at radius 3 is 3.00 bits per heavy atom. The molecule has 96 valence electrons. The number of hydrogen-bond acceptors (Lipinski definition) is 4. The zero-order valence-corrected chi connectivity index (χ0v) is 9.97. The lowest BCUT2D eigenvalue weighted by molar-refractivity contribution is -0.137. The molecule has 1 aliphatic heterocycles. The van der Waals surface area contributed by atoms with Crippen LogP contribution >= 0.6 is 0 Å². The molecule has 2 N–H and O–H groups in total. The number of nitrogens with zero attached hydrogens (tertiary/aromatic N) is 1. The number of carbonyl (C=O) groups is 2. The SMILES string of the molecule is CN(CC(=O)O)C(=O)c1cccc2c1OCCN2. The minimum atomic E-state index is -1.05. The van der Waals surface area contributed by atoms with E-state index in [1.807, 2.05) is 6.07 Å². The van der Waals surface area contributed by atoms with Crippen molar-refractivity contribution >= 4 is 17.6 Å². The molecule has 6 heteroatoms. The zero-order valence-electron chi connectivity index (χ0n) is 9.97. The van der Waals surface area contributed by atoms with Crippen LogP contribution < -0.4 is 10.1 Å². The molecule has 2 rings (SSSR count). The van der Waals surface area contributed by atoms with Gasteiger partial charge < -0.3 is 20.1 Å². The molecule has 18 heavy (non-hydrogen) atoms. The summed E-state index contributed by atoms with van der Waals surface area (Å²) in [4.78, 5) is 23.9. The molecule has 0 saturated heterocycles. The van der Waals surface area contributed by atoms with Crippen LogP contribution in [0, 0.1) is 0 Å². The Kier molecular flexibility index (Phi) is 3.36. The Balaban J connectivity index is 2.27. The lowest BCUT2D eigenvalue weighted by Gasteiger charge is -2.23. The van der Waals surface area contributed by atoms with E-state index in [9.17, 15) is 9.59 Å². The van der Waals surface area contributed by atoms with Crippen molar-refractivity contribution in [1.82, 2.24) is 4.90 Å². The second-order valence-corrected chi connectivity index (χ2v) is 4.01. The van der Waals surface area contributed by atoms with Crippen molar-refractivity contribution in [2.45, 2.75) is 0 Å². The van der Waals surface area contributed by atoms with Crippen LogP contribution in [0.3, 0.4) is 0 Å². The van der Waals surface area contributed by atoms with E-state index in [1.165, 1.54) is 7.05 Å². The minimum absolute atomic E-state index is 0.337. The third kappa shape index (κ3) is 2.37. The van der Waals surface area contributed by atoms with Crippen LogP contribution in [0.4, 0.5) is 5.69 Å². The number of carboxylic acid groups (broad SMARTS) is 1. The van der Waals surface area contributed by atoms with E-state index < -0.39 is 5.97 Å². The molecule has 6 nitrogen and oxygen atoms in total. The first-order chi connectivity index (χ1) is 8.59. The second kappa shape index (κ2) is 4.95. The van der Waals surface area contributed by atoms with E-state index in [-0.39, 0.29) is 12.5 Å². The van der Waals surface area contributed by atoms with E-state index in [4.69, 9.17) is 9.84 Å². The third-order valence-corrected chi connectivity index (χ3v) is 2.63. The predicted octanol–water partition coefficient (Wildman–Crippen LogP) is 0.647. The third-order valence-electron chi connectivity index (χ3n) is 2.63. The summed E-state index contributed by atoms with van der Waals surface area (Å²) in [7, 11) is 1.45. The first-order valence-corrected chi connectivity index (χ1v) is 5.56. The van der Waals surface area contributed by atoms with Gasteiger partial charge in [-0.1, -0.05) is 6.07 Å². The standard InChI is InChI=1S/C12H14N2O4/c1-14(7-10(15)16)12(17)8-3-2-4-9-11(8)18-6-5-13-9/h2-4,13H,5-7H2,1H3,(H,15,16). The lowest BCUT2D eigenvalue weighted by Crippen LogP contribution is -2.32. The van der Waals surface area contributed by atoms with Gasteiger partial charge in [-0.05, 0) is 12.1 Å². The van der Waals surface area contributed by atoms with Crippen LogP contribution in [-0.2, 0) is 4.79 Å². The summed E-state index contributed by atoms with van der Waals surface area (Å²) in [6.07, 6.45) is 0. The number of nitrogens with one attached hydrogen (secondary N) is 1. The van der Waals surface area contributed by atoms with Gasteiger partial charge in [0, 0.05) is 13.6 Å². The van der Waals surface area contributed by atoms with Gasteiger partial charge in [-0.3, -0.25) is 9.59 Å². The van der Waals surface area contributed by atoms with E-state index in [2.05, 4.69) is 5.32 Å². The van der Waals surface area contributed by atoms with E-state index in [1.54, 1.807) is 12.1 Å². The summed E-state index contributed by atoms with van der Waals surface area (Å²) in [5, 5.41) is 11.8. The normalized spacial score (nSPS) is 12.9. The second-order valence-electron chi connectivity index (χ2n) is 4.01. The van der Waals surface area contributed by atoms with Gasteiger partial charge in [0.25, 0.3) is 5.91 Å². The van der Waals surface area contributed by atoms with Gasteiger partial charge in [-0.15, -0.1) is 0 Å². The summed E-state index contributed by atoms with van der Waals surface area (Å²) in [6.45, 7) is 0.839. The van der Waals surface area contributed by atoms with Crippen molar-refractivity contribution < 1.29 is 19.4 Å². The number of aliphatic carboxylic acids is 1. The maximum atomic E-state index is 12.1. The number of likely N-dealkylation sites (N-methyl/N-ethyl adjacent to an activating group) is 1. The van der Waals surface area contributed by atoms with Crippen LogP contribution in [0.1, 0.15) is 10.4 Å². The fourth-order valence-electron chi connectivity index (χ4n) is 1.82. The highest BCUT2D eigenvalue weighted by atomic mass is 16.5. The van der Waals surface area contributed by atoms with Crippen molar-refractivity contribution in [3.05, 3.63) is 23.8 Å². The molecule has 0 spiro atoms. The summed E-state index contributed by atoms with van der Waals surface area (Å²) < 4.78 is 5.47. The highest BCUT2D eigenvalue weighted by Crippen LogP contribution is 2.31. The largest absolute Gasteiger partial charge is 0.489 e. The summed E-state index contributed by atoms with van der Waals surface area (Å²) >= 11 is 0. The maximum Gasteiger partial charge on any atom is 0.323 e. The number of para-hydroxylation sites is 1. The van der Waals surface area contributed by atoms with Gasteiger partial charge in [0.2, 0.25) is 0 Å². The zero-order chi connectivity index (χ0) is 13.1. The number of rotatable bonds is 3. The average Bonchev–Trinajstić information content (AvgIpc) is 2.36. The molecule has 0 unspecified atom stereocenters. The van der Waals surface area contributed by atoms with Gasteiger partial charge in [-0.25, -0.2) is 0 Å². The van der Waals surface area contributed by atoms with Gasteiger partial charge in [-0.2, -0.15) is 0 Å². The molecule has 0 aromatic heterocycles. The van der Waals surface area contributed by atoms with Gasteiger partial charge in [0.05, 0.1) is 11.3 Å². The smallest absolute Gasteiger partial charge is 0.323 e. The Morgan fingerprint density at radius 2 is 2.28 bits per heavy atom. The number of amides is 1. The van der Waals surface area contributed by atoms with Gasteiger partial charge in [0.15, 0.2) is 5.75 Å². The number of hydrogen-bond donors (Lipinski definition) is 2. The fourth-order valence-corrected chi connectivity index (χ4v) is 1.82. The Labute approximate surface area is 104 Å². The lowest BCUT2D eigenvalue weighted by atomic mass is 10.1. The molecular weight excluding hydrogens is 236 g/mol. The van der Waals surface area contributed by atoms with Crippen molar-refractivity contribution in [2.24, 2.45) is 0 Å². The summed E-state index contributed by atoms with van der Waals surface area (Å²) in [5.41, 5.74) is 1.14. The number of ether oxygens (including phenoxy) is 1. The Hall–Kier alpha value is -2.24. The molecule has 0 atom stereocenters. The molecule has 1 aromatic carbocycles. The topological polar surface area (TPSA) is 78.9 Å². The number of fused-ring (bicyclic) bond motifs is 1. The highest BCUT2D eigenvalue weighted by Gasteiger charge is 2.22. The summed E-state index contributed by atoms with van der Waals surface area (Å²) in [6, 6.07) is 5.19. The minimum Gasteiger partial charge on any atom is -0.489 e. The van der Waals surface area contributed by atoms with Crippen molar-refractivity contribution in [3.63, 3.8) is 0 Å². The average molecular weight is 250 g/mol. The molecule has 1 heterocycles. The van der Waals surface area contributed by atoms with Gasteiger partial charge >= 0.3 is 5.97 Å². The molecule has 1 aliphatic rings. The Bertz CT molecular complexity index is 487. The molecule has 0 radical (unpaired) electrons. The number of carboxylic acids is 1. The number of benzene rings is 1.